The number of aliphatic hydroxyl groups excluding tert-OH is 1. The van der Waals surface area contributed by atoms with Gasteiger partial charge in [-0.15, -0.1) is 0 Å². The van der Waals surface area contributed by atoms with Gasteiger partial charge in [0, 0.05) is 4.91 Å². The predicted molar refractivity (Wildman–Crippen MR) is 137 cm³/mol. The first-order valence-electron chi connectivity index (χ1n) is 11.9. The molecule has 0 spiro atoms. The smallest absolute Gasteiger partial charge is 0.195 e. The van der Waals surface area contributed by atoms with E-state index in [0.717, 1.165) is 11.1 Å². The van der Waals surface area contributed by atoms with Gasteiger partial charge in [0.2, 0.25) is 0 Å². The molecule has 35 heavy (non-hydrogen) atoms. The lowest BCUT2D eigenvalue weighted by atomic mass is 9.97. The van der Waals surface area contributed by atoms with Gasteiger partial charge in [-0.25, -0.2) is 0 Å². The summed E-state index contributed by atoms with van der Waals surface area (Å²) >= 11 is 0. The van der Waals surface area contributed by atoms with E-state index in [-0.39, 0.29) is 18.3 Å². The fourth-order valence-corrected chi connectivity index (χ4v) is 4.74. The van der Waals surface area contributed by atoms with Gasteiger partial charge in [-0.1, -0.05) is 86.5 Å². The highest BCUT2D eigenvalue weighted by Crippen LogP contribution is 2.40. The van der Waals surface area contributed by atoms with E-state index >= 15 is 0 Å². The van der Waals surface area contributed by atoms with E-state index in [1.165, 1.54) is 0 Å². The summed E-state index contributed by atoms with van der Waals surface area (Å²) in [5.74, 6) is 0. The number of benzene rings is 2. The summed E-state index contributed by atoms with van der Waals surface area (Å²) in [5, 5.41) is 15.1. The van der Waals surface area contributed by atoms with Gasteiger partial charge in [0.15, 0.2) is 14.6 Å². The van der Waals surface area contributed by atoms with E-state index in [1.54, 1.807) is 0 Å². The lowest BCUT2D eigenvalue weighted by Crippen LogP contribution is -2.62. The van der Waals surface area contributed by atoms with Gasteiger partial charge in [-0.05, 0) is 34.8 Å². The van der Waals surface area contributed by atoms with Crippen molar-refractivity contribution in [3.05, 3.63) is 82.2 Å². The maximum absolute atomic E-state index is 11.2. The van der Waals surface area contributed by atoms with Gasteiger partial charge in [-0.2, -0.15) is 0 Å². The molecule has 1 N–H and O–H groups in total. The molecule has 0 bridgehead atoms. The highest BCUT2D eigenvalue weighted by molar-refractivity contribution is 6.74. The van der Waals surface area contributed by atoms with Crippen molar-refractivity contribution in [1.29, 1.82) is 0 Å². The van der Waals surface area contributed by atoms with Crippen LogP contribution in [-0.4, -0.2) is 50.7 Å². The van der Waals surface area contributed by atoms with Gasteiger partial charge in [0.1, 0.15) is 18.2 Å². The third-order valence-corrected chi connectivity index (χ3v) is 11.2. The van der Waals surface area contributed by atoms with E-state index < -0.39 is 39.0 Å². The maximum atomic E-state index is 11.2. The van der Waals surface area contributed by atoms with Gasteiger partial charge >= 0.3 is 0 Å². The molecule has 9 heteroatoms. The second-order valence-corrected chi connectivity index (χ2v) is 15.1. The summed E-state index contributed by atoms with van der Waals surface area (Å²) in [6.45, 7) is 11.4. The molecule has 8 nitrogen and oxygen atoms in total. The summed E-state index contributed by atoms with van der Waals surface area (Å²) in [5.41, 5.74) is 11.3. The number of azide groups is 1. The Labute approximate surface area is 208 Å². The second-order valence-electron chi connectivity index (χ2n) is 10.4. The second kappa shape index (κ2) is 12.1. The van der Waals surface area contributed by atoms with Crippen molar-refractivity contribution in [1.82, 2.24) is 0 Å². The average molecular weight is 500 g/mol. The molecule has 5 unspecified atom stereocenters. The zero-order valence-corrected chi connectivity index (χ0v) is 22.2. The third kappa shape index (κ3) is 7.38. The van der Waals surface area contributed by atoms with E-state index in [4.69, 9.17) is 18.6 Å². The normalized spacial score (nSPS) is 25.1. The van der Waals surface area contributed by atoms with Crippen LogP contribution in [0.15, 0.2) is 65.8 Å². The van der Waals surface area contributed by atoms with Gasteiger partial charge in [0.05, 0.1) is 25.9 Å². The lowest BCUT2D eigenvalue weighted by Gasteiger charge is -2.47. The minimum Gasteiger partial charge on any atom is -0.392 e. The van der Waals surface area contributed by atoms with Crippen molar-refractivity contribution in [3.8, 4) is 0 Å². The first kappa shape index (κ1) is 27.4. The Hall–Kier alpha value is -2.23. The first-order valence-corrected chi connectivity index (χ1v) is 14.9. The minimum atomic E-state index is -2.30. The zero-order chi connectivity index (χ0) is 25.5. The number of hydrogen-bond donors (Lipinski definition) is 1. The zero-order valence-electron chi connectivity index (χ0n) is 21.2. The third-order valence-electron chi connectivity index (χ3n) is 6.72. The molecule has 0 amide bonds. The molecule has 3 rings (SSSR count). The molecule has 1 heterocycles. The number of rotatable bonds is 10. The monoisotopic (exact) mass is 499 g/mol. The Bertz CT molecular complexity index is 964. The van der Waals surface area contributed by atoms with Crippen LogP contribution in [0.1, 0.15) is 31.9 Å². The van der Waals surface area contributed by atoms with Gasteiger partial charge < -0.3 is 23.7 Å². The molecule has 0 saturated carbocycles. The van der Waals surface area contributed by atoms with Crippen LogP contribution in [0.3, 0.4) is 0 Å². The number of nitrogens with zero attached hydrogens (tertiary/aromatic N) is 3. The fourth-order valence-electron chi connectivity index (χ4n) is 3.62. The van der Waals surface area contributed by atoms with Gasteiger partial charge in [-0.3, -0.25) is 0 Å². The molecular weight excluding hydrogens is 462 g/mol. The minimum absolute atomic E-state index is 0.0902. The van der Waals surface area contributed by atoms with Crippen LogP contribution in [0.2, 0.25) is 18.1 Å². The SMILES string of the molecule is CC(C)(C)[Si](C)(C)OC1OC(COCc2ccccc2)C(O)C(OCc2ccccc2)C1N=[N+]=[N-]. The molecule has 190 valence electrons. The molecule has 1 aliphatic rings. The highest BCUT2D eigenvalue weighted by Gasteiger charge is 2.50. The van der Waals surface area contributed by atoms with Crippen molar-refractivity contribution < 1.29 is 23.7 Å². The summed E-state index contributed by atoms with van der Waals surface area (Å²) in [6.07, 6.45) is -3.45. The number of ether oxygens (including phenoxy) is 3. The number of aliphatic hydroxyl groups is 1. The molecule has 2 aromatic rings. The van der Waals surface area contributed by atoms with Crippen molar-refractivity contribution in [2.24, 2.45) is 5.11 Å². The van der Waals surface area contributed by atoms with Crippen LogP contribution in [0.4, 0.5) is 0 Å². The van der Waals surface area contributed by atoms with Crippen molar-refractivity contribution in [3.63, 3.8) is 0 Å². The lowest BCUT2D eigenvalue weighted by molar-refractivity contribution is -0.256. The van der Waals surface area contributed by atoms with Crippen molar-refractivity contribution in [2.75, 3.05) is 6.61 Å². The van der Waals surface area contributed by atoms with E-state index in [9.17, 15) is 10.6 Å². The molecule has 0 radical (unpaired) electrons. The number of hydrogen-bond acceptors (Lipinski definition) is 6. The standard InChI is InChI=1S/C26H37N3O5Si/c1-26(2,3)35(4,5)34-25-22(28-29-27)24(32-17-20-14-10-7-11-15-20)23(30)21(33-25)18-31-16-19-12-8-6-9-13-19/h6-15,21-25,30H,16-18H2,1-5H3. The molecule has 1 fully saturated rings. The van der Waals surface area contributed by atoms with E-state index in [0.29, 0.717) is 6.61 Å². The summed E-state index contributed by atoms with van der Waals surface area (Å²) < 4.78 is 24.8. The van der Waals surface area contributed by atoms with Crippen LogP contribution in [0.25, 0.3) is 10.4 Å². The summed E-state index contributed by atoms with van der Waals surface area (Å²) in [6, 6.07) is 18.6. The van der Waals surface area contributed by atoms with Crippen LogP contribution in [-0.2, 0) is 31.9 Å². The Morgan fingerprint density at radius 2 is 1.57 bits per heavy atom. The van der Waals surface area contributed by atoms with Crippen LogP contribution in [0, 0.1) is 0 Å². The molecule has 1 aliphatic heterocycles. The Kier molecular flexibility index (Phi) is 9.49. The fraction of sp³-hybridized carbons (Fsp3) is 0.538. The molecule has 0 aromatic heterocycles. The molecule has 5 atom stereocenters. The van der Waals surface area contributed by atoms with Crippen molar-refractivity contribution >= 4 is 8.32 Å². The van der Waals surface area contributed by atoms with Crippen LogP contribution in [0.5, 0.6) is 0 Å². The molecule has 1 saturated heterocycles. The van der Waals surface area contributed by atoms with Crippen LogP contribution >= 0.6 is 0 Å². The Morgan fingerprint density at radius 3 is 2.11 bits per heavy atom. The Balaban J connectivity index is 1.81. The molecule has 2 aromatic carbocycles. The topological polar surface area (TPSA) is 106 Å². The van der Waals surface area contributed by atoms with E-state index in [1.807, 2.05) is 60.7 Å². The average Bonchev–Trinajstić information content (AvgIpc) is 2.82. The summed E-state index contributed by atoms with van der Waals surface area (Å²) in [7, 11) is -2.30. The van der Waals surface area contributed by atoms with Crippen LogP contribution < -0.4 is 0 Å². The largest absolute Gasteiger partial charge is 0.392 e. The summed E-state index contributed by atoms with van der Waals surface area (Å²) in [4.78, 5) is 3.03. The first-order chi connectivity index (χ1) is 16.6. The Morgan fingerprint density at radius 1 is 1.00 bits per heavy atom. The highest BCUT2D eigenvalue weighted by atomic mass is 28.4. The van der Waals surface area contributed by atoms with Crippen molar-refractivity contribution in [2.45, 2.75) is 82.8 Å². The van der Waals surface area contributed by atoms with E-state index in [2.05, 4.69) is 43.9 Å². The maximum Gasteiger partial charge on any atom is 0.195 e. The molecule has 0 aliphatic carbocycles. The van der Waals surface area contributed by atoms with Gasteiger partial charge in [0.25, 0.3) is 0 Å². The quantitative estimate of drug-likeness (QED) is 0.199. The predicted octanol–water partition coefficient (Wildman–Crippen LogP) is 5.58. The molecular formula is C26H37N3O5Si.